The van der Waals surface area contributed by atoms with E-state index in [1.807, 2.05) is 27.7 Å². The molecule has 0 unspecified atom stereocenters. The van der Waals surface area contributed by atoms with Gasteiger partial charge in [-0.3, -0.25) is 5.32 Å². The molecule has 1 saturated heterocycles. The van der Waals surface area contributed by atoms with Gasteiger partial charge >= 0.3 is 19.3 Å². The third kappa shape index (κ3) is 4.71. The van der Waals surface area contributed by atoms with Gasteiger partial charge in [0.2, 0.25) is 0 Å². The molecule has 0 saturated carbocycles. The van der Waals surface area contributed by atoms with E-state index in [9.17, 15) is 18.0 Å². The number of nitrogens with zero attached hydrogens (tertiary/aromatic N) is 1. The van der Waals surface area contributed by atoms with Crippen LogP contribution in [0.15, 0.2) is 42.6 Å². The summed E-state index contributed by atoms with van der Waals surface area (Å²) in [7, 11) is -0.583. The normalized spacial score (nSPS) is 17.8. The van der Waals surface area contributed by atoms with Crippen molar-refractivity contribution in [2.45, 2.75) is 45.1 Å². The summed E-state index contributed by atoms with van der Waals surface area (Å²) in [4.78, 5) is 16.2. The molecule has 2 heterocycles. The number of hydrogen-bond acceptors (Lipinski definition) is 4. The monoisotopic (exact) mass is 407 g/mol. The zero-order valence-electron chi connectivity index (χ0n) is 16.4. The van der Waals surface area contributed by atoms with Crippen molar-refractivity contribution in [3.05, 3.63) is 48.2 Å². The summed E-state index contributed by atoms with van der Waals surface area (Å²) in [6, 6.07) is 6.93. The molecule has 1 aliphatic rings. The van der Waals surface area contributed by atoms with Crippen LogP contribution in [0.2, 0.25) is 0 Å². The largest absolute Gasteiger partial charge is 0.496 e. The Morgan fingerprint density at radius 3 is 2.24 bits per heavy atom. The molecule has 10 heteroatoms. The summed E-state index contributed by atoms with van der Waals surface area (Å²) >= 11 is 0. The lowest BCUT2D eigenvalue weighted by Gasteiger charge is -2.32. The molecule has 0 radical (unpaired) electrons. The first kappa shape index (κ1) is 21.1. The van der Waals surface area contributed by atoms with E-state index in [0.717, 1.165) is 12.1 Å². The summed E-state index contributed by atoms with van der Waals surface area (Å²) in [6.45, 7) is 7.76. The number of carbonyl (C=O) groups is 1. The predicted molar refractivity (Wildman–Crippen MR) is 104 cm³/mol. The maximum atomic E-state index is 12.8. The molecule has 0 spiro atoms. The number of rotatable bonds is 3. The number of alkyl halides is 3. The minimum absolute atomic E-state index is 0.0196. The van der Waals surface area contributed by atoms with Crippen molar-refractivity contribution >= 4 is 30.1 Å². The van der Waals surface area contributed by atoms with Crippen molar-refractivity contribution in [3.8, 4) is 0 Å². The number of aromatic nitrogens is 1. The van der Waals surface area contributed by atoms with Crippen molar-refractivity contribution in [2.75, 3.05) is 10.6 Å². The fourth-order valence-corrected chi connectivity index (χ4v) is 2.65. The number of benzene rings is 1. The Bertz CT molecular complexity index is 886. The number of pyridine rings is 1. The molecular formula is C19H21BF3N3O3. The van der Waals surface area contributed by atoms with Crippen LogP contribution in [0.3, 0.4) is 0 Å². The number of amides is 2. The van der Waals surface area contributed by atoms with Gasteiger partial charge in [0.1, 0.15) is 5.82 Å². The van der Waals surface area contributed by atoms with E-state index < -0.39 is 36.1 Å². The highest BCUT2D eigenvalue weighted by Crippen LogP contribution is 2.36. The van der Waals surface area contributed by atoms with Crippen molar-refractivity contribution in [2.24, 2.45) is 0 Å². The lowest BCUT2D eigenvalue weighted by atomic mass is 9.80. The van der Waals surface area contributed by atoms with E-state index in [2.05, 4.69) is 15.6 Å². The third-order valence-electron chi connectivity index (χ3n) is 5.00. The number of anilines is 2. The van der Waals surface area contributed by atoms with E-state index in [4.69, 9.17) is 9.31 Å². The standard InChI is InChI=1S/C19H21BF3N3O3/c1-17(2)18(3,4)29-20(28-17)13-8-9-15(24-11-13)26-16(27)25-14-7-5-6-12(10-14)19(21,22)23/h5-11H,1-4H3,(H2,24,25,26,27). The Morgan fingerprint density at radius 2 is 1.69 bits per heavy atom. The lowest BCUT2D eigenvalue weighted by molar-refractivity contribution is -0.137. The second-order valence-corrected chi connectivity index (χ2v) is 7.72. The van der Waals surface area contributed by atoms with Crippen molar-refractivity contribution in [3.63, 3.8) is 0 Å². The van der Waals surface area contributed by atoms with Gasteiger partial charge in [-0.05, 0) is 52.0 Å². The van der Waals surface area contributed by atoms with Gasteiger partial charge in [-0.1, -0.05) is 12.1 Å². The number of carbonyl (C=O) groups excluding carboxylic acids is 1. The summed E-state index contributed by atoms with van der Waals surface area (Å²) in [5.74, 6) is 0.231. The summed E-state index contributed by atoms with van der Waals surface area (Å²) < 4.78 is 50.1. The van der Waals surface area contributed by atoms with Gasteiger partial charge in [-0.15, -0.1) is 0 Å². The van der Waals surface area contributed by atoms with E-state index in [1.165, 1.54) is 18.3 Å². The number of nitrogens with one attached hydrogen (secondary N) is 2. The van der Waals surface area contributed by atoms with E-state index >= 15 is 0 Å². The topological polar surface area (TPSA) is 72.5 Å². The van der Waals surface area contributed by atoms with E-state index in [-0.39, 0.29) is 11.5 Å². The first-order chi connectivity index (χ1) is 13.4. The molecule has 3 rings (SSSR count). The average Bonchev–Trinajstić information content (AvgIpc) is 2.82. The Morgan fingerprint density at radius 1 is 1.03 bits per heavy atom. The van der Waals surface area contributed by atoms with Crippen LogP contribution in [0.1, 0.15) is 33.3 Å². The van der Waals surface area contributed by atoms with Gasteiger partial charge in [0.15, 0.2) is 0 Å². The maximum absolute atomic E-state index is 12.8. The molecule has 6 nitrogen and oxygen atoms in total. The molecular weight excluding hydrogens is 386 g/mol. The number of halogens is 3. The third-order valence-corrected chi connectivity index (χ3v) is 5.00. The zero-order chi connectivity index (χ0) is 21.4. The zero-order valence-corrected chi connectivity index (χ0v) is 16.4. The predicted octanol–water partition coefficient (Wildman–Crippen LogP) is 4.04. The molecule has 2 aromatic rings. The second-order valence-electron chi connectivity index (χ2n) is 7.72. The molecule has 1 aliphatic heterocycles. The van der Waals surface area contributed by atoms with E-state index in [1.54, 1.807) is 12.1 Å². The molecule has 154 valence electrons. The van der Waals surface area contributed by atoms with Gasteiger partial charge < -0.3 is 14.6 Å². The molecule has 0 bridgehead atoms. The van der Waals surface area contributed by atoms with Crippen LogP contribution in [-0.2, 0) is 15.5 Å². The Labute approximate surface area is 166 Å². The van der Waals surface area contributed by atoms with Crippen molar-refractivity contribution in [1.29, 1.82) is 0 Å². The second kappa shape index (κ2) is 7.35. The molecule has 1 aromatic heterocycles. The van der Waals surface area contributed by atoms with Gasteiger partial charge in [0.05, 0.1) is 16.8 Å². The number of hydrogen-bond donors (Lipinski definition) is 2. The van der Waals surface area contributed by atoms with Gasteiger partial charge in [0.25, 0.3) is 0 Å². The first-order valence-electron chi connectivity index (χ1n) is 8.94. The van der Waals surface area contributed by atoms with Crippen LogP contribution in [-0.4, -0.2) is 29.3 Å². The molecule has 2 N–H and O–H groups in total. The Balaban J connectivity index is 1.63. The summed E-state index contributed by atoms with van der Waals surface area (Å²) in [5, 5.41) is 4.83. The first-order valence-corrected chi connectivity index (χ1v) is 8.94. The fourth-order valence-electron chi connectivity index (χ4n) is 2.65. The van der Waals surface area contributed by atoms with Gasteiger partial charge in [0, 0.05) is 17.3 Å². The lowest BCUT2D eigenvalue weighted by Crippen LogP contribution is -2.41. The van der Waals surface area contributed by atoms with Crippen LogP contribution >= 0.6 is 0 Å². The highest BCUT2D eigenvalue weighted by molar-refractivity contribution is 6.62. The summed E-state index contributed by atoms with van der Waals surface area (Å²) in [5.41, 5.74) is -1.11. The highest BCUT2D eigenvalue weighted by atomic mass is 19.4. The van der Waals surface area contributed by atoms with Crippen LogP contribution in [0.5, 0.6) is 0 Å². The van der Waals surface area contributed by atoms with Gasteiger partial charge in [-0.2, -0.15) is 13.2 Å². The van der Waals surface area contributed by atoms with Crippen LogP contribution in [0, 0.1) is 0 Å². The Kier molecular flexibility index (Phi) is 5.35. The molecule has 1 aromatic carbocycles. The molecule has 2 amide bonds. The number of urea groups is 1. The quantitative estimate of drug-likeness (QED) is 0.754. The van der Waals surface area contributed by atoms with Crippen molar-refractivity contribution < 1.29 is 27.3 Å². The highest BCUT2D eigenvalue weighted by Gasteiger charge is 2.51. The van der Waals surface area contributed by atoms with Crippen LogP contribution in [0.25, 0.3) is 0 Å². The Hall–Kier alpha value is -2.59. The maximum Gasteiger partial charge on any atom is 0.496 e. The smallest absolute Gasteiger partial charge is 0.399 e. The van der Waals surface area contributed by atoms with Crippen LogP contribution in [0.4, 0.5) is 29.5 Å². The minimum Gasteiger partial charge on any atom is -0.399 e. The minimum atomic E-state index is -4.49. The van der Waals surface area contributed by atoms with Crippen LogP contribution < -0.4 is 16.1 Å². The molecule has 29 heavy (non-hydrogen) atoms. The van der Waals surface area contributed by atoms with E-state index in [0.29, 0.717) is 5.46 Å². The van der Waals surface area contributed by atoms with Gasteiger partial charge in [-0.25, -0.2) is 9.78 Å². The average molecular weight is 407 g/mol. The molecule has 1 fully saturated rings. The SMILES string of the molecule is CC1(C)OB(c2ccc(NC(=O)Nc3cccc(C(F)(F)F)c3)nc2)OC1(C)C. The molecule has 0 aliphatic carbocycles. The molecule has 0 atom stereocenters. The van der Waals surface area contributed by atoms with Crippen molar-refractivity contribution in [1.82, 2.24) is 4.98 Å². The summed E-state index contributed by atoms with van der Waals surface area (Å²) in [6.07, 6.45) is -2.97. The fraction of sp³-hybridized carbons (Fsp3) is 0.368.